The van der Waals surface area contributed by atoms with E-state index < -0.39 is 17.5 Å². The van der Waals surface area contributed by atoms with E-state index in [0.717, 1.165) is 31.7 Å². The van der Waals surface area contributed by atoms with Gasteiger partial charge in [0, 0.05) is 25.7 Å². The number of nitrogens with one attached hydrogen (secondary N) is 1. The second-order valence-electron chi connectivity index (χ2n) is 6.92. The van der Waals surface area contributed by atoms with Crippen LogP contribution < -0.4 is 5.32 Å². The number of hydrogen-bond donors (Lipinski definition) is 1. The smallest absolute Gasteiger partial charge is 0.289 e. The predicted octanol–water partition coefficient (Wildman–Crippen LogP) is 2.99. The monoisotopic (exact) mass is 374 g/mol. The summed E-state index contributed by atoms with van der Waals surface area (Å²) >= 11 is 0. The van der Waals surface area contributed by atoms with Crippen LogP contribution in [0.15, 0.2) is 18.2 Å². The van der Waals surface area contributed by atoms with Crippen LogP contribution in [-0.2, 0) is 13.0 Å². The second-order valence-corrected chi connectivity index (χ2v) is 6.92. The van der Waals surface area contributed by atoms with Crippen molar-refractivity contribution < 1.29 is 18.4 Å². The zero-order valence-electron chi connectivity index (χ0n) is 14.8. The highest BCUT2D eigenvalue weighted by atomic mass is 19.1. The lowest BCUT2D eigenvalue weighted by molar-refractivity contribution is 0.0774. The number of anilines is 1. The van der Waals surface area contributed by atoms with Gasteiger partial charge in [0.2, 0.25) is 0 Å². The SMILES string of the molecule is O=C(Nc1ccc(F)cc1F)c1nc(C(=O)N2CCCC2)n2c1CCCC2. The molecule has 2 aliphatic heterocycles. The Balaban J connectivity index is 1.65. The van der Waals surface area contributed by atoms with Crippen LogP contribution in [0, 0.1) is 11.6 Å². The third-order valence-electron chi connectivity index (χ3n) is 5.10. The molecular formula is C19H20F2N4O2. The fourth-order valence-corrected chi connectivity index (χ4v) is 3.72. The molecule has 27 heavy (non-hydrogen) atoms. The molecule has 2 aromatic rings. The number of carbonyl (C=O) groups is 2. The van der Waals surface area contributed by atoms with E-state index in [4.69, 9.17) is 0 Å². The summed E-state index contributed by atoms with van der Waals surface area (Å²) in [7, 11) is 0. The summed E-state index contributed by atoms with van der Waals surface area (Å²) in [6.45, 7) is 2.03. The molecule has 0 saturated carbocycles. The average Bonchev–Trinajstić information content (AvgIpc) is 3.31. The maximum absolute atomic E-state index is 13.9. The summed E-state index contributed by atoms with van der Waals surface area (Å²) in [6.07, 6.45) is 4.38. The number of imidazole rings is 1. The molecule has 2 amide bonds. The molecule has 1 aromatic carbocycles. The number of fused-ring (bicyclic) bond motifs is 1. The number of nitrogens with zero attached hydrogens (tertiary/aromatic N) is 3. The Morgan fingerprint density at radius 3 is 2.52 bits per heavy atom. The lowest BCUT2D eigenvalue weighted by atomic mass is 10.1. The van der Waals surface area contributed by atoms with E-state index >= 15 is 0 Å². The number of amides is 2. The van der Waals surface area contributed by atoms with Gasteiger partial charge in [0.05, 0.1) is 11.4 Å². The largest absolute Gasteiger partial charge is 0.336 e. The minimum Gasteiger partial charge on any atom is -0.336 e. The molecule has 0 atom stereocenters. The molecule has 1 N–H and O–H groups in total. The van der Waals surface area contributed by atoms with Gasteiger partial charge in [-0.15, -0.1) is 0 Å². The molecule has 0 unspecified atom stereocenters. The van der Waals surface area contributed by atoms with Gasteiger partial charge >= 0.3 is 0 Å². The first kappa shape index (κ1) is 17.6. The normalized spacial score (nSPS) is 16.3. The van der Waals surface area contributed by atoms with E-state index in [2.05, 4.69) is 10.3 Å². The molecule has 3 heterocycles. The van der Waals surface area contributed by atoms with Crippen LogP contribution in [0.25, 0.3) is 0 Å². The van der Waals surface area contributed by atoms with Gasteiger partial charge in [-0.05, 0) is 44.2 Å². The van der Waals surface area contributed by atoms with Gasteiger partial charge in [-0.2, -0.15) is 0 Å². The van der Waals surface area contributed by atoms with Gasteiger partial charge in [-0.25, -0.2) is 13.8 Å². The van der Waals surface area contributed by atoms with Crippen LogP contribution in [0.5, 0.6) is 0 Å². The predicted molar refractivity (Wildman–Crippen MR) is 94.6 cm³/mol. The van der Waals surface area contributed by atoms with Crippen molar-refractivity contribution in [1.82, 2.24) is 14.5 Å². The summed E-state index contributed by atoms with van der Waals surface area (Å²) in [4.78, 5) is 31.6. The quantitative estimate of drug-likeness (QED) is 0.898. The van der Waals surface area contributed by atoms with Crippen molar-refractivity contribution in [2.24, 2.45) is 0 Å². The standard InChI is InChI=1S/C19H20F2N4O2/c20-12-6-7-14(13(21)11-12)22-18(26)16-15-5-1-2-10-25(15)17(23-16)19(27)24-8-3-4-9-24/h6-7,11H,1-5,8-10H2,(H,22,26). The third-order valence-corrected chi connectivity index (χ3v) is 5.10. The lowest BCUT2D eigenvalue weighted by Crippen LogP contribution is -2.31. The number of rotatable bonds is 3. The molecule has 1 saturated heterocycles. The number of halogens is 2. The summed E-state index contributed by atoms with van der Waals surface area (Å²) in [5.41, 5.74) is 0.719. The van der Waals surface area contributed by atoms with E-state index in [9.17, 15) is 18.4 Å². The van der Waals surface area contributed by atoms with Crippen LogP contribution in [0.4, 0.5) is 14.5 Å². The summed E-state index contributed by atoms with van der Waals surface area (Å²) in [5.74, 6) is -2.06. The van der Waals surface area contributed by atoms with Crippen molar-refractivity contribution in [1.29, 1.82) is 0 Å². The third kappa shape index (κ3) is 3.31. The van der Waals surface area contributed by atoms with Gasteiger partial charge in [0.1, 0.15) is 11.6 Å². The van der Waals surface area contributed by atoms with Gasteiger partial charge < -0.3 is 14.8 Å². The van der Waals surface area contributed by atoms with Crippen LogP contribution in [0.1, 0.15) is 52.5 Å². The highest BCUT2D eigenvalue weighted by Gasteiger charge is 2.31. The number of likely N-dealkylation sites (tertiary alicyclic amines) is 1. The first-order valence-corrected chi connectivity index (χ1v) is 9.19. The average molecular weight is 374 g/mol. The Kier molecular flexibility index (Phi) is 4.63. The maximum atomic E-state index is 13.9. The Bertz CT molecular complexity index is 903. The number of benzene rings is 1. The molecule has 8 heteroatoms. The number of carbonyl (C=O) groups excluding carboxylic acids is 2. The van der Waals surface area contributed by atoms with Crippen molar-refractivity contribution >= 4 is 17.5 Å². The molecule has 0 aliphatic carbocycles. The molecule has 0 bridgehead atoms. The van der Waals surface area contributed by atoms with E-state index in [-0.39, 0.29) is 23.1 Å². The first-order chi connectivity index (χ1) is 13.0. The highest BCUT2D eigenvalue weighted by Crippen LogP contribution is 2.24. The second kappa shape index (κ2) is 7.09. The van der Waals surface area contributed by atoms with Crippen molar-refractivity contribution in [2.75, 3.05) is 18.4 Å². The molecular weight excluding hydrogens is 354 g/mol. The molecule has 142 valence electrons. The number of hydrogen-bond acceptors (Lipinski definition) is 3. The first-order valence-electron chi connectivity index (χ1n) is 9.19. The van der Waals surface area contributed by atoms with Crippen LogP contribution >= 0.6 is 0 Å². The fourth-order valence-electron chi connectivity index (χ4n) is 3.72. The fraction of sp³-hybridized carbons (Fsp3) is 0.421. The van der Waals surface area contributed by atoms with Gasteiger partial charge in [0.15, 0.2) is 11.5 Å². The molecule has 0 radical (unpaired) electrons. The van der Waals surface area contributed by atoms with Crippen molar-refractivity contribution in [3.8, 4) is 0 Å². The van der Waals surface area contributed by atoms with E-state index in [1.165, 1.54) is 6.07 Å². The van der Waals surface area contributed by atoms with E-state index in [0.29, 0.717) is 37.8 Å². The van der Waals surface area contributed by atoms with E-state index in [1.54, 1.807) is 4.90 Å². The van der Waals surface area contributed by atoms with Gasteiger partial charge in [-0.3, -0.25) is 9.59 Å². The topological polar surface area (TPSA) is 67.2 Å². The van der Waals surface area contributed by atoms with Crippen molar-refractivity contribution in [3.63, 3.8) is 0 Å². The summed E-state index contributed by atoms with van der Waals surface area (Å²) in [5, 5.41) is 2.44. The lowest BCUT2D eigenvalue weighted by Gasteiger charge is -2.19. The zero-order chi connectivity index (χ0) is 19.0. The zero-order valence-corrected chi connectivity index (χ0v) is 14.8. The Hall–Kier alpha value is -2.77. The van der Waals surface area contributed by atoms with Crippen molar-refractivity contribution in [2.45, 2.75) is 38.6 Å². The molecule has 2 aliphatic rings. The molecule has 1 aromatic heterocycles. The Morgan fingerprint density at radius 2 is 1.78 bits per heavy atom. The molecule has 0 spiro atoms. The Morgan fingerprint density at radius 1 is 1.04 bits per heavy atom. The highest BCUT2D eigenvalue weighted by molar-refractivity contribution is 6.05. The molecule has 6 nitrogen and oxygen atoms in total. The van der Waals surface area contributed by atoms with Crippen LogP contribution in [-0.4, -0.2) is 39.4 Å². The summed E-state index contributed by atoms with van der Waals surface area (Å²) in [6, 6.07) is 2.95. The maximum Gasteiger partial charge on any atom is 0.289 e. The van der Waals surface area contributed by atoms with Gasteiger partial charge in [-0.1, -0.05) is 0 Å². The minimum absolute atomic E-state index is 0.119. The summed E-state index contributed by atoms with van der Waals surface area (Å²) < 4.78 is 28.7. The van der Waals surface area contributed by atoms with Crippen LogP contribution in [0.3, 0.4) is 0 Å². The van der Waals surface area contributed by atoms with Crippen LogP contribution in [0.2, 0.25) is 0 Å². The Labute approximate surface area is 155 Å². The molecule has 4 rings (SSSR count). The van der Waals surface area contributed by atoms with E-state index in [1.807, 2.05) is 4.57 Å². The van der Waals surface area contributed by atoms with Crippen molar-refractivity contribution in [3.05, 3.63) is 47.0 Å². The minimum atomic E-state index is -0.857. The number of aromatic nitrogens is 2. The van der Waals surface area contributed by atoms with Gasteiger partial charge in [0.25, 0.3) is 11.8 Å². The molecule has 1 fully saturated rings.